The average Bonchev–Trinajstić information content (AvgIpc) is 3.51. The fraction of sp³-hybridized carbons (Fsp3) is 0. The number of hydrogen-bond acceptors (Lipinski definition) is 1. The highest BCUT2D eigenvalue weighted by Crippen LogP contribution is 2.45. The molecule has 0 saturated heterocycles. The van der Waals surface area contributed by atoms with E-state index in [1.165, 1.54) is 76.6 Å². The van der Waals surface area contributed by atoms with Crippen molar-refractivity contribution in [3.63, 3.8) is 0 Å². The van der Waals surface area contributed by atoms with Crippen molar-refractivity contribution in [3.05, 3.63) is 182 Å². The molecule has 0 saturated carbocycles. The summed E-state index contributed by atoms with van der Waals surface area (Å²) in [5.74, 6) is 0. The van der Waals surface area contributed by atoms with Crippen molar-refractivity contribution < 1.29 is 0 Å². The van der Waals surface area contributed by atoms with E-state index in [0.717, 1.165) is 16.6 Å². The molecule has 10 rings (SSSR count). The Kier molecular flexibility index (Phi) is 6.22. The van der Waals surface area contributed by atoms with Gasteiger partial charge in [0.25, 0.3) is 0 Å². The standard InChI is InChI=1S/C47H30N2/c1-2-11-31(12-3-1)34-23-24-44-42(29-34)43-30-48-26-25-45(43)49(44)37-16-10-15-35(28-37)46-38-17-6-8-19-40(38)47(41-20-9-7-18-39(41)46)36-22-21-32-13-4-5-14-33(32)27-36/h1-30H. The fourth-order valence-corrected chi connectivity index (χ4v) is 7.85. The van der Waals surface area contributed by atoms with E-state index in [-0.39, 0.29) is 0 Å². The highest BCUT2D eigenvalue weighted by Gasteiger charge is 2.18. The van der Waals surface area contributed by atoms with Crippen LogP contribution in [-0.4, -0.2) is 9.55 Å². The lowest BCUT2D eigenvalue weighted by atomic mass is 9.85. The summed E-state index contributed by atoms with van der Waals surface area (Å²) in [5, 5.41) is 9.87. The van der Waals surface area contributed by atoms with E-state index in [1.54, 1.807) is 0 Å². The van der Waals surface area contributed by atoms with E-state index in [1.807, 2.05) is 12.4 Å². The van der Waals surface area contributed by atoms with E-state index in [0.29, 0.717) is 0 Å². The summed E-state index contributed by atoms with van der Waals surface area (Å²) in [7, 11) is 0. The zero-order valence-corrected chi connectivity index (χ0v) is 26.7. The van der Waals surface area contributed by atoms with Crippen molar-refractivity contribution in [1.82, 2.24) is 9.55 Å². The van der Waals surface area contributed by atoms with Gasteiger partial charge in [-0.1, -0.05) is 133 Å². The van der Waals surface area contributed by atoms with Crippen molar-refractivity contribution >= 4 is 54.1 Å². The summed E-state index contributed by atoms with van der Waals surface area (Å²) < 4.78 is 2.39. The summed E-state index contributed by atoms with van der Waals surface area (Å²) in [6.07, 6.45) is 3.89. The predicted molar refractivity (Wildman–Crippen MR) is 207 cm³/mol. The smallest absolute Gasteiger partial charge is 0.0571 e. The zero-order chi connectivity index (χ0) is 32.3. The molecular formula is C47H30N2. The molecular weight excluding hydrogens is 593 g/mol. The lowest BCUT2D eigenvalue weighted by Gasteiger charge is -2.19. The Morgan fingerprint density at radius 1 is 0.347 bits per heavy atom. The minimum Gasteiger partial charge on any atom is -0.309 e. The second-order valence-corrected chi connectivity index (χ2v) is 12.8. The van der Waals surface area contributed by atoms with Crippen LogP contribution >= 0.6 is 0 Å². The number of benzene rings is 8. The molecule has 2 heterocycles. The molecule has 49 heavy (non-hydrogen) atoms. The zero-order valence-electron chi connectivity index (χ0n) is 26.7. The molecule has 0 amide bonds. The number of pyridine rings is 1. The van der Waals surface area contributed by atoms with E-state index >= 15 is 0 Å². The molecule has 2 heteroatoms. The molecule has 0 aliphatic carbocycles. The highest BCUT2D eigenvalue weighted by molar-refractivity contribution is 6.22. The van der Waals surface area contributed by atoms with Gasteiger partial charge < -0.3 is 4.57 Å². The summed E-state index contributed by atoms with van der Waals surface area (Å²) in [6.45, 7) is 0. The molecule has 0 aliphatic rings. The highest BCUT2D eigenvalue weighted by atomic mass is 15.0. The van der Waals surface area contributed by atoms with Gasteiger partial charge in [-0.25, -0.2) is 0 Å². The predicted octanol–water partition coefficient (Wildman–Crippen LogP) is 12.6. The first-order valence-corrected chi connectivity index (χ1v) is 16.8. The van der Waals surface area contributed by atoms with Crippen molar-refractivity contribution in [2.45, 2.75) is 0 Å². The molecule has 8 aromatic carbocycles. The van der Waals surface area contributed by atoms with Crippen molar-refractivity contribution in [1.29, 1.82) is 0 Å². The molecule has 2 nitrogen and oxygen atoms in total. The first-order valence-electron chi connectivity index (χ1n) is 16.8. The van der Waals surface area contributed by atoms with E-state index in [2.05, 4.69) is 179 Å². The van der Waals surface area contributed by atoms with Crippen LogP contribution in [0.3, 0.4) is 0 Å². The van der Waals surface area contributed by atoms with Gasteiger partial charge in [-0.05, 0) is 102 Å². The van der Waals surface area contributed by atoms with Crippen LogP contribution in [0.5, 0.6) is 0 Å². The quantitative estimate of drug-likeness (QED) is 0.179. The normalized spacial score (nSPS) is 11.7. The fourth-order valence-electron chi connectivity index (χ4n) is 7.85. The Balaban J connectivity index is 1.21. The van der Waals surface area contributed by atoms with Crippen molar-refractivity contribution in [2.24, 2.45) is 0 Å². The molecule has 0 unspecified atom stereocenters. The van der Waals surface area contributed by atoms with Crippen LogP contribution in [0, 0.1) is 0 Å². The van der Waals surface area contributed by atoms with Crippen LogP contribution < -0.4 is 0 Å². The number of hydrogen-bond donors (Lipinski definition) is 0. The van der Waals surface area contributed by atoms with Crippen LogP contribution in [0.4, 0.5) is 0 Å². The number of rotatable bonds is 4. The van der Waals surface area contributed by atoms with Crippen molar-refractivity contribution in [2.75, 3.05) is 0 Å². The van der Waals surface area contributed by atoms with Gasteiger partial charge >= 0.3 is 0 Å². The van der Waals surface area contributed by atoms with Gasteiger partial charge in [0, 0.05) is 28.9 Å². The minimum absolute atomic E-state index is 1.13. The SMILES string of the molecule is c1ccc(-c2ccc3c(c2)c2cnccc2n3-c2cccc(-c3c4ccccc4c(-c4ccc5ccccc5c4)c4ccccc34)c2)cc1. The lowest BCUT2D eigenvalue weighted by Crippen LogP contribution is -1.95. The second kappa shape index (κ2) is 11.0. The summed E-state index contributed by atoms with van der Waals surface area (Å²) >= 11 is 0. The molecule has 0 fully saturated rings. The van der Waals surface area contributed by atoms with Crippen LogP contribution in [0.2, 0.25) is 0 Å². The van der Waals surface area contributed by atoms with Gasteiger partial charge in [-0.15, -0.1) is 0 Å². The third-order valence-corrected chi connectivity index (χ3v) is 10.0. The Labute approximate surface area is 284 Å². The Hall–Kier alpha value is -6.51. The number of nitrogens with zero attached hydrogens (tertiary/aromatic N) is 2. The summed E-state index contributed by atoms with van der Waals surface area (Å²) in [4.78, 5) is 4.54. The first-order chi connectivity index (χ1) is 24.3. The maximum absolute atomic E-state index is 4.54. The third-order valence-electron chi connectivity index (χ3n) is 10.0. The minimum atomic E-state index is 1.13. The Bertz CT molecular complexity index is 2820. The van der Waals surface area contributed by atoms with Gasteiger partial charge in [0.1, 0.15) is 0 Å². The molecule has 0 radical (unpaired) electrons. The van der Waals surface area contributed by atoms with Crippen LogP contribution in [0.25, 0.3) is 93.2 Å². The van der Waals surface area contributed by atoms with E-state index < -0.39 is 0 Å². The summed E-state index contributed by atoms with van der Waals surface area (Å²) in [5.41, 5.74) is 10.8. The molecule has 0 aliphatic heterocycles. The maximum Gasteiger partial charge on any atom is 0.0571 e. The van der Waals surface area contributed by atoms with Gasteiger partial charge in [0.2, 0.25) is 0 Å². The summed E-state index contributed by atoms with van der Waals surface area (Å²) in [6, 6.07) is 61.8. The molecule has 0 spiro atoms. The molecule has 0 bridgehead atoms. The van der Waals surface area contributed by atoms with Crippen molar-refractivity contribution in [3.8, 4) is 39.1 Å². The monoisotopic (exact) mass is 622 g/mol. The number of fused-ring (bicyclic) bond motifs is 6. The first kappa shape index (κ1) is 27.6. The van der Waals surface area contributed by atoms with Crippen LogP contribution in [0.1, 0.15) is 0 Å². The maximum atomic E-state index is 4.54. The molecule has 0 atom stereocenters. The molecule has 10 aromatic rings. The molecule has 0 N–H and O–H groups in total. The largest absolute Gasteiger partial charge is 0.309 e. The molecule has 228 valence electrons. The topological polar surface area (TPSA) is 17.8 Å². The average molecular weight is 623 g/mol. The molecule has 2 aromatic heterocycles. The van der Waals surface area contributed by atoms with Crippen LogP contribution in [-0.2, 0) is 0 Å². The van der Waals surface area contributed by atoms with Gasteiger partial charge in [0.15, 0.2) is 0 Å². The third kappa shape index (κ3) is 4.38. The van der Waals surface area contributed by atoms with Gasteiger partial charge in [-0.3, -0.25) is 4.98 Å². The van der Waals surface area contributed by atoms with E-state index in [9.17, 15) is 0 Å². The van der Waals surface area contributed by atoms with Crippen LogP contribution in [0.15, 0.2) is 182 Å². The Morgan fingerprint density at radius 3 is 1.67 bits per heavy atom. The van der Waals surface area contributed by atoms with E-state index in [4.69, 9.17) is 0 Å². The second-order valence-electron chi connectivity index (χ2n) is 12.8. The number of aromatic nitrogens is 2. The van der Waals surface area contributed by atoms with Gasteiger partial charge in [0.05, 0.1) is 11.0 Å². The Morgan fingerprint density at radius 2 is 0.939 bits per heavy atom. The lowest BCUT2D eigenvalue weighted by molar-refractivity contribution is 1.18. The van der Waals surface area contributed by atoms with Gasteiger partial charge in [-0.2, -0.15) is 0 Å².